The Labute approximate surface area is 122 Å². The molecule has 1 atom stereocenters. The SMILES string of the molecule is CC(C)CCC(C)NS(=O)(=O)Cc1cccc(CN)c1. The second kappa shape index (κ2) is 7.76. The average Bonchev–Trinajstić information content (AvgIpc) is 2.35. The monoisotopic (exact) mass is 298 g/mol. The van der Waals surface area contributed by atoms with Crippen molar-refractivity contribution in [2.24, 2.45) is 11.7 Å². The van der Waals surface area contributed by atoms with Crippen molar-refractivity contribution < 1.29 is 8.42 Å². The van der Waals surface area contributed by atoms with Gasteiger partial charge in [-0.1, -0.05) is 38.1 Å². The number of rotatable bonds is 8. The Bertz CT molecular complexity index is 512. The second-order valence-electron chi connectivity index (χ2n) is 5.77. The van der Waals surface area contributed by atoms with Gasteiger partial charge in [-0.2, -0.15) is 0 Å². The minimum Gasteiger partial charge on any atom is -0.326 e. The third-order valence-electron chi connectivity index (χ3n) is 3.14. The molecule has 20 heavy (non-hydrogen) atoms. The van der Waals surface area contributed by atoms with Gasteiger partial charge in [-0.3, -0.25) is 0 Å². The van der Waals surface area contributed by atoms with E-state index in [1.807, 2.05) is 31.2 Å². The highest BCUT2D eigenvalue weighted by molar-refractivity contribution is 7.88. The van der Waals surface area contributed by atoms with Crippen LogP contribution >= 0.6 is 0 Å². The summed E-state index contributed by atoms with van der Waals surface area (Å²) >= 11 is 0. The molecule has 0 radical (unpaired) electrons. The van der Waals surface area contributed by atoms with Crippen LogP contribution in [-0.2, 0) is 22.3 Å². The van der Waals surface area contributed by atoms with Crippen LogP contribution in [0.2, 0.25) is 0 Å². The fourth-order valence-corrected chi connectivity index (χ4v) is 3.49. The molecule has 5 heteroatoms. The van der Waals surface area contributed by atoms with E-state index in [-0.39, 0.29) is 11.8 Å². The lowest BCUT2D eigenvalue weighted by Crippen LogP contribution is -2.33. The first-order valence-corrected chi connectivity index (χ1v) is 8.75. The third-order valence-corrected chi connectivity index (χ3v) is 4.62. The number of sulfonamides is 1. The molecule has 0 aromatic heterocycles. The van der Waals surface area contributed by atoms with Crippen LogP contribution in [-0.4, -0.2) is 14.5 Å². The lowest BCUT2D eigenvalue weighted by molar-refractivity contribution is 0.485. The Balaban J connectivity index is 2.60. The van der Waals surface area contributed by atoms with Crippen molar-refractivity contribution in [1.82, 2.24) is 4.72 Å². The van der Waals surface area contributed by atoms with Gasteiger partial charge in [-0.05, 0) is 36.8 Å². The van der Waals surface area contributed by atoms with Crippen molar-refractivity contribution in [2.75, 3.05) is 0 Å². The zero-order valence-electron chi connectivity index (χ0n) is 12.6. The molecule has 0 amide bonds. The van der Waals surface area contributed by atoms with Gasteiger partial charge in [-0.25, -0.2) is 13.1 Å². The molecule has 1 aromatic carbocycles. The summed E-state index contributed by atoms with van der Waals surface area (Å²) in [7, 11) is -3.30. The highest BCUT2D eigenvalue weighted by Crippen LogP contribution is 2.11. The molecule has 3 N–H and O–H groups in total. The molecular weight excluding hydrogens is 272 g/mol. The topological polar surface area (TPSA) is 72.2 Å². The van der Waals surface area contributed by atoms with Crippen LogP contribution in [0.4, 0.5) is 0 Å². The van der Waals surface area contributed by atoms with Crippen LogP contribution in [0.15, 0.2) is 24.3 Å². The van der Waals surface area contributed by atoms with Gasteiger partial charge in [0.2, 0.25) is 10.0 Å². The molecule has 0 bridgehead atoms. The molecule has 0 heterocycles. The van der Waals surface area contributed by atoms with Crippen LogP contribution in [0.5, 0.6) is 0 Å². The van der Waals surface area contributed by atoms with Gasteiger partial charge in [0.05, 0.1) is 5.75 Å². The number of nitrogens with two attached hydrogens (primary N) is 1. The fourth-order valence-electron chi connectivity index (χ4n) is 2.06. The van der Waals surface area contributed by atoms with Crippen LogP contribution < -0.4 is 10.5 Å². The van der Waals surface area contributed by atoms with Gasteiger partial charge in [0.1, 0.15) is 0 Å². The van der Waals surface area contributed by atoms with E-state index >= 15 is 0 Å². The molecule has 114 valence electrons. The van der Waals surface area contributed by atoms with E-state index in [1.54, 1.807) is 0 Å². The zero-order valence-corrected chi connectivity index (χ0v) is 13.4. The molecule has 1 rings (SSSR count). The van der Waals surface area contributed by atoms with E-state index in [1.165, 1.54) is 0 Å². The Morgan fingerprint density at radius 3 is 2.40 bits per heavy atom. The Kier molecular flexibility index (Phi) is 6.65. The van der Waals surface area contributed by atoms with Crippen molar-refractivity contribution >= 4 is 10.0 Å². The minimum absolute atomic E-state index is 0.00680. The highest BCUT2D eigenvalue weighted by atomic mass is 32.2. The van der Waals surface area contributed by atoms with Gasteiger partial charge in [0, 0.05) is 12.6 Å². The van der Waals surface area contributed by atoms with Gasteiger partial charge in [0.25, 0.3) is 0 Å². The maximum absolute atomic E-state index is 12.1. The molecule has 0 fully saturated rings. The molecule has 0 spiro atoms. The Morgan fingerprint density at radius 1 is 1.15 bits per heavy atom. The summed E-state index contributed by atoms with van der Waals surface area (Å²) in [5.74, 6) is 0.593. The highest BCUT2D eigenvalue weighted by Gasteiger charge is 2.15. The summed E-state index contributed by atoms with van der Waals surface area (Å²) in [4.78, 5) is 0. The maximum Gasteiger partial charge on any atom is 0.216 e. The normalized spacial score (nSPS) is 13.7. The first kappa shape index (κ1) is 17.1. The minimum atomic E-state index is -3.30. The predicted molar refractivity (Wildman–Crippen MR) is 83.6 cm³/mol. The van der Waals surface area contributed by atoms with Crippen molar-refractivity contribution in [3.63, 3.8) is 0 Å². The van der Waals surface area contributed by atoms with E-state index in [2.05, 4.69) is 18.6 Å². The standard InChI is InChI=1S/C15H26N2O2S/c1-12(2)7-8-13(3)17-20(18,19)11-15-6-4-5-14(9-15)10-16/h4-6,9,12-13,17H,7-8,10-11,16H2,1-3H3. The van der Waals surface area contributed by atoms with E-state index in [9.17, 15) is 8.42 Å². The van der Waals surface area contributed by atoms with Gasteiger partial charge < -0.3 is 5.73 Å². The maximum atomic E-state index is 12.1. The third kappa shape index (κ3) is 6.50. The second-order valence-corrected chi connectivity index (χ2v) is 7.53. The predicted octanol–water partition coefficient (Wildman–Crippen LogP) is 2.39. The average molecular weight is 298 g/mol. The summed E-state index contributed by atoms with van der Waals surface area (Å²) < 4.78 is 27.0. The number of nitrogens with one attached hydrogen (secondary N) is 1. The van der Waals surface area contributed by atoms with Gasteiger partial charge >= 0.3 is 0 Å². The summed E-state index contributed by atoms with van der Waals surface area (Å²) in [5, 5.41) is 0. The lowest BCUT2D eigenvalue weighted by atomic mass is 10.1. The van der Waals surface area contributed by atoms with E-state index in [0.29, 0.717) is 12.5 Å². The Hall–Kier alpha value is -0.910. The van der Waals surface area contributed by atoms with Gasteiger partial charge in [0.15, 0.2) is 0 Å². The van der Waals surface area contributed by atoms with Crippen molar-refractivity contribution in [1.29, 1.82) is 0 Å². The summed E-state index contributed by atoms with van der Waals surface area (Å²) in [5.41, 5.74) is 7.29. The first-order valence-electron chi connectivity index (χ1n) is 7.10. The summed E-state index contributed by atoms with van der Waals surface area (Å²) in [6, 6.07) is 7.37. The van der Waals surface area contributed by atoms with Crippen LogP contribution in [0, 0.1) is 5.92 Å². The number of benzene rings is 1. The van der Waals surface area contributed by atoms with E-state index in [0.717, 1.165) is 24.0 Å². The molecule has 0 saturated heterocycles. The molecule has 0 aliphatic heterocycles. The molecule has 1 aromatic rings. The van der Waals surface area contributed by atoms with E-state index < -0.39 is 10.0 Å². The van der Waals surface area contributed by atoms with Gasteiger partial charge in [-0.15, -0.1) is 0 Å². The molecule has 0 aliphatic carbocycles. The molecule has 4 nitrogen and oxygen atoms in total. The fraction of sp³-hybridized carbons (Fsp3) is 0.600. The zero-order chi connectivity index (χ0) is 15.2. The molecule has 0 saturated carbocycles. The van der Waals surface area contributed by atoms with Crippen LogP contribution in [0.25, 0.3) is 0 Å². The van der Waals surface area contributed by atoms with Crippen molar-refractivity contribution in [2.45, 2.75) is 52.0 Å². The number of hydrogen-bond donors (Lipinski definition) is 2. The smallest absolute Gasteiger partial charge is 0.216 e. The van der Waals surface area contributed by atoms with Crippen molar-refractivity contribution in [3.8, 4) is 0 Å². The quantitative estimate of drug-likeness (QED) is 0.774. The Morgan fingerprint density at radius 2 is 1.80 bits per heavy atom. The molecule has 1 unspecified atom stereocenters. The van der Waals surface area contributed by atoms with E-state index in [4.69, 9.17) is 5.73 Å². The largest absolute Gasteiger partial charge is 0.326 e. The summed E-state index contributed by atoms with van der Waals surface area (Å²) in [6.07, 6.45) is 1.88. The summed E-state index contributed by atoms with van der Waals surface area (Å²) in [6.45, 7) is 6.61. The van der Waals surface area contributed by atoms with Crippen LogP contribution in [0.3, 0.4) is 0 Å². The van der Waals surface area contributed by atoms with Crippen molar-refractivity contribution in [3.05, 3.63) is 35.4 Å². The first-order chi connectivity index (χ1) is 9.32. The molecule has 0 aliphatic rings. The molecular formula is C15H26N2O2S. The number of hydrogen-bond acceptors (Lipinski definition) is 3. The lowest BCUT2D eigenvalue weighted by Gasteiger charge is -2.15. The van der Waals surface area contributed by atoms with Crippen LogP contribution in [0.1, 0.15) is 44.7 Å².